The molecule has 0 unspecified atom stereocenters. The van der Waals surface area contributed by atoms with Crippen LogP contribution in [0.1, 0.15) is 0 Å². The Hall–Kier alpha value is -1.41. The van der Waals surface area contributed by atoms with Gasteiger partial charge in [-0.15, -0.1) is 0 Å². The SMILES string of the molecule is C[Si](C)c1ccccc1-c1ccc(F)cc1. The van der Waals surface area contributed by atoms with Gasteiger partial charge < -0.3 is 0 Å². The maximum atomic E-state index is 12.9. The number of rotatable bonds is 2. The van der Waals surface area contributed by atoms with Gasteiger partial charge in [-0.1, -0.05) is 54.7 Å². The highest BCUT2D eigenvalue weighted by atomic mass is 28.3. The van der Waals surface area contributed by atoms with Crippen molar-refractivity contribution in [2.45, 2.75) is 13.1 Å². The van der Waals surface area contributed by atoms with Gasteiger partial charge in [0.2, 0.25) is 0 Å². The molecule has 0 heterocycles. The van der Waals surface area contributed by atoms with Crippen molar-refractivity contribution in [2.24, 2.45) is 0 Å². The molecule has 0 aliphatic rings. The van der Waals surface area contributed by atoms with Crippen LogP contribution in [0.5, 0.6) is 0 Å². The standard InChI is InChI=1S/C14H14FSi/c1-16(2)14-6-4-3-5-13(14)11-7-9-12(15)10-8-11/h3-10H,1-2H3. The molecule has 1 radical (unpaired) electrons. The largest absolute Gasteiger partial charge is 0.207 e. The minimum Gasteiger partial charge on any atom is -0.207 e. The van der Waals surface area contributed by atoms with Crippen LogP contribution in [-0.4, -0.2) is 8.80 Å². The number of hydrogen-bond acceptors (Lipinski definition) is 0. The van der Waals surface area contributed by atoms with E-state index in [4.69, 9.17) is 0 Å². The topological polar surface area (TPSA) is 0 Å². The maximum Gasteiger partial charge on any atom is 0.123 e. The smallest absolute Gasteiger partial charge is 0.123 e. The summed E-state index contributed by atoms with van der Waals surface area (Å²) in [7, 11) is -0.493. The summed E-state index contributed by atoms with van der Waals surface area (Å²) in [6, 6.07) is 15.1. The Morgan fingerprint density at radius 3 is 2.12 bits per heavy atom. The Labute approximate surface area is 97.4 Å². The van der Waals surface area contributed by atoms with Crippen molar-refractivity contribution >= 4 is 14.0 Å². The summed E-state index contributed by atoms with van der Waals surface area (Å²) in [5.41, 5.74) is 2.34. The number of hydrogen-bond donors (Lipinski definition) is 0. The summed E-state index contributed by atoms with van der Waals surface area (Å²) in [6.07, 6.45) is 0. The third-order valence-corrected chi connectivity index (χ3v) is 4.13. The Morgan fingerprint density at radius 1 is 0.875 bits per heavy atom. The Balaban J connectivity index is 2.51. The first-order valence-corrected chi connectivity index (χ1v) is 7.84. The fraction of sp³-hybridized carbons (Fsp3) is 0.143. The average Bonchev–Trinajstić information content (AvgIpc) is 2.30. The van der Waals surface area contributed by atoms with Crippen LogP contribution in [0, 0.1) is 5.82 Å². The minimum atomic E-state index is -0.493. The summed E-state index contributed by atoms with van der Waals surface area (Å²) in [5.74, 6) is -0.181. The lowest BCUT2D eigenvalue weighted by atomic mass is 10.1. The average molecular weight is 229 g/mol. The summed E-state index contributed by atoms with van der Waals surface area (Å²) in [5, 5.41) is 1.40. The Morgan fingerprint density at radius 2 is 1.50 bits per heavy atom. The zero-order chi connectivity index (χ0) is 11.5. The van der Waals surface area contributed by atoms with Crippen molar-refractivity contribution < 1.29 is 4.39 Å². The lowest BCUT2D eigenvalue weighted by Gasteiger charge is -2.11. The van der Waals surface area contributed by atoms with Gasteiger partial charge in [-0.25, -0.2) is 4.39 Å². The zero-order valence-electron chi connectivity index (χ0n) is 9.50. The monoisotopic (exact) mass is 229 g/mol. The molecule has 0 bridgehead atoms. The van der Waals surface area contributed by atoms with Gasteiger partial charge in [0.1, 0.15) is 5.82 Å². The summed E-state index contributed by atoms with van der Waals surface area (Å²) in [6.45, 7) is 4.54. The van der Waals surface area contributed by atoms with Crippen molar-refractivity contribution in [1.82, 2.24) is 0 Å². The molecular formula is C14H14FSi. The first-order chi connectivity index (χ1) is 7.68. The van der Waals surface area contributed by atoms with E-state index in [0.29, 0.717) is 0 Å². The molecule has 0 aliphatic carbocycles. The van der Waals surface area contributed by atoms with E-state index in [1.54, 1.807) is 0 Å². The predicted molar refractivity (Wildman–Crippen MR) is 69.0 cm³/mol. The molecule has 0 saturated carbocycles. The third-order valence-electron chi connectivity index (χ3n) is 2.62. The molecule has 0 fully saturated rings. The molecular weight excluding hydrogens is 215 g/mol. The maximum absolute atomic E-state index is 12.9. The van der Waals surface area contributed by atoms with Gasteiger partial charge in [-0.2, -0.15) is 0 Å². The molecule has 0 amide bonds. The van der Waals surface area contributed by atoms with Gasteiger partial charge in [0, 0.05) is 0 Å². The number of halogens is 1. The molecule has 2 aromatic rings. The highest BCUT2D eigenvalue weighted by molar-refractivity contribution is 6.72. The van der Waals surface area contributed by atoms with Crippen LogP contribution in [-0.2, 0) is 0 Å². The second-order valence-electron chi connectivity index (χ2n) is 4.05. The van der Waals surface area contributed by atoms with Gasteiger partial charge in [0.15, 0.2) is 0 Å². The molecule has 2 heteroatoms. The second kappa shape index (κ2) is 4.62. The molecule has 0 nitrogen and oxygen atoms in total. The quantitative estimate of drug-likeness (QED) is 0.692. The lowest BCUT2D eigenvalue weighted by Crippen LogP contribution is -2.24. The van der Waals surface area contributed by atoms with Gasteiger partial charge >= 0.3 is 0 Å². The fourth-order valence-corrected chi connectivity index (χ4v) is 3.00. The van der Waals surface area contributed by atoms with E-state index >= 15 is 0 Å². The molecule has 0 aliphatic heterocycles. The molecule has 81 valence electrons. The van der Waals surface area contributed by atoms with Crippen LogP contribution in [0.4, 0.5) is 4.39 Å². The third kappa shape index (κ3) is 2.22. The van der Waals surface area contributed by atoms with E-state index in [0.717, 1.165) is 5.56 Å². The van der Waals surface area contributed by atoms with E-state index in [1.165, 1.54) is 22.9 Å². The molecule has 0 N–H and O–H groups in total. The summed E-state index contributed by atoms with van der Waals surface area (Å²) in [4.78, 5) is 0. The molecule has 2 aromatic carbocycles. The molecule has 16 heavy (non-hydrogen) atoms. The first kappa shape index (κ1) is 11.1. The highest BCUT2D eigenvalue weighted by Gasteiger charge is 2.08. The van der Waals surface area contributed by atoms with Crippen molar-refractivity contribution in [2.75, 3.05) is 0 Å². The van der Waals surface area contributed by atoms with E-state index in [2.05, 4.69) is 31.3 Å². The fourth-order valence-electron chi connectivity index (χ4n) is 1.80. The second-order valence-corrected chi connectivity index (χ2v) is 6.59. The van der Waals surface area contributed by atoms with Crippen LogP contribution in [0.25, 0.3) is 11.1 Å². The Bertz CT molecular complexity index is 474. The summed E-state index contributed by atoms with van der Waals surface area (Å²) < 4.78 is 12.9. The van der Waals surface area contributed by atoms with Gasteiger partial charge in [-0.3, -0.25) is 0 Å². The van der Waals surface area contributed by atoms with Gasteiger partial charge in [0.25, 0.3) is 0 Å². The van der Waals surface area contributed by atoms with Crippen LogP contribution in [0.3, 0.4) is 0 Å². The molecule has 0 spiro atoms. The molecule has 0 atom stereocenters. The number of benzene rings is 2. The predicted octanol–water partition coefficient (Wildman–Crippen LogP) is 3.45. The normalized spacial score (nSPS) is 10.8. The van der Waals surface area contributed by atoms with Crippen LogP contribution in [0.2, 0.25) is 13.1 Å². The summed E-state index contributed by atoms with van der Waals surface area (Å²) >= 11 is 0. The zero-order valence-corrected chi connectivity index (χ0v) is 10.5. The Kier molecular flexibility index (Phi) is 3.20. The van der Waals surface area contributed by atoms with Crippen LogP contribution < -0.4 is 5.19 Å². The lowest BCUT2D eigenvalue weighted by molar-refractivity contribution is 0.628. The van der Waals surface area contributed by atoms with Gasteiger partial charge in [-0.05, 0) is 23.3 Å². The van der Waals surface area contributed by atoms with Crippen molar-refractivity contribution in [1.29, 1.82) is 0 Å². The van der Waals surface area contributed by atoms with Crippen molar-refractivity contribution in [3.8, 4) is 11.1 Å². The van der Waals surface area contributed by atoms with Crippen molar-refractivity contribution in [3.63, 3.8) is 0 Å². The van der Waals surface area contributed by atoms with Gasteiger partial charge in [0.05, 0.1) is 8.80 Å². The van der Waals surface area contributed by atoms with E-state index in [1.807, 2.05) is 18.2 Å². The van der Waals surface area contributed by atoms with Crippen LogP contribution >= 0.6 is 0 Å². The van der Waals surface area contributed by atoms with Crippen molar-refractivity contribution in [3.05, 3.63) is 54.3 Å². The molecule has 0 aromatic heterocycles. The van der Waals surface area contributed by atoms with E-state index < -0.39 is 8.80 Å². The molecule has 2 rings (SSSR count). The first-order valence-electron chi connectivity index (χ1n) is 5.34. The highest BCUT2D eigenvalue weighted by Crippen LogP contribution is 2.18. The van der Waals surface area contributed by atoms with Crippen LogP contribution in [0.15, 0.2) is 48.5 Å². The molecule has 0 saturated heterocycles. The minimum absolute atomic E-state index is 0.181. The van der Waals surface area contributed by atoms with E-state index in [-0.39, 0.29) is 5.82 Å². The van der Waals surface area contributed by atoms with E-state index in [9.17, 15) is 4.39 Å².